The highest BCUT2D eigenvalue weighted by molar-refractivity contribution is 5.40. The molecule has 1 fully saturated rings. The van der Waals surface area contributed by atoms with Crippen LogP contribution in [-0.4, -0.2) is 6.36 Å². The van der Waals surface area contributed by atoms with Gasteiger partial charge in [0.1, 0.15) is 17.5 Å². The molecule has 0 amide bonds. The van der Waals surface area contributed by atoms with Crippen LogP contribution in [0.25, 0.3) is 0 Å². The largest absolute Gasteiger partial charge is 0.573 e. The lowest BCUT2D eigenvalue weighted by Crippen LogP contribution is -2.21. The summed E-state index contributed by atoms with van der Waals surface area (Å²) in [5.74, 6) is -3.39. The maximum atomic E-state index is 15.7. The van der Waals surface area contributed by atoms with Crippen LogP contribution < -0.4 is 4.74 Å². The van der Waals surface area contributed by atoms with E-state index >= 15 is 8.78 Å². The smallest absolute Gasteiger partial charge is 0.403 e. The highest BCUT2D eigenvalue weighted by Gasteiger charge is 2.34. The van der Waals surface area contributed by atoms with E-state index in [9.17, 15) is 22.0 Å². The van der Waals surface area contributed by atoms with E-state index < -0.39 is 29.6 Å². The first-order valence-electron chi connectivity index (χ1n) is 14.8. The number of hydrogen-bond acceptors (Lipinski definition) is 1. The monoisotopic (exact) mass is 592 g/mol. The van der Waals surface area contributed by atoms with Crippen LogP contribution in [0.1, 0.15) is 97.1 Å². The van der Waals surface area contributed by atoms with Crippen molar-refractivity contribution in [2.24, 2.45) is 5.92 Å². The van der Waals surface area contributed by atoms with Gasteiger partial charge in [0.05, 0.1) is 0 Å². The van der Waals surface area contributed by atoms with Gasteiger partial charge in [-0.3, -0.25) is 0 Å². The Morgan fingerprint density at radius 1 is 0.786 bits per heavy atom. The van der Waals surface area contributed by atoms with Crippen LogP contribution in [-0.2, 0) is 25.7 Å². The zero-order valence-corrected chi connectivity index (χ0v) is 23.6. The summed E-state index contributed by atoms with van der Waals surface area (Å²) < 4.78 is 101. The number of rotatable bonds is 8. The van der Waals surface area contributed by atoms with E-state index in [1.165, 1.54) is 12.1 Å². The zero-order chi connectivity index (χ0) is 30.0. The van der Waals surface area contributed by atoms with Gasteiger partial charge in [-0.1, -0.05) is 31.5 Å². The van der Waals surface area contributed by atoms with Gasteiger partial charge in [-0.05, 0) is 134 Å². The lowest BCUT2D eigenvalue weighted by atomic mass is 9.74. The predicted octanol–water partition coefficient (Wildman–Crippen LogP) is 10.3. The van der Waals surface area contributed by atoms with Crippen molar-refractivity contribution in [2.75, 3.05) is 0 Å². The van der Waals surface area contributed by atoms with Crippen molar-refractivity contribution in [1.29, 1.82) is 0 Å². The fourth-order valence-electron chi connectivity index (χ4n) is 6.85. The van der Waals surface area contributed by atoms with Crippen LogP contribution in [0.4, 0.5) is 30.7 Å². The molecule has 42 heavy (non-hydrogen) atoms. The lowest BCUT2D eigenvalue weighted by Gasteiger charge is -2.32. The molecule has 2 aliphatic carbocycles. The highest BCUT2D eigenvalue weighted by Crippen LogP contribution is 2.44. The third kappa shape index (κ3) is 6.95. The van der Waals surface area contributed by atoms with Crippen molar-refractivity contribution in [2.45, 2.75) is 95.8 Å². The van der Waals surface area contributed by atoms with Crippen molar-refractivity contribution < 1.29 is 35.5 Å². The molecule has 1 unspecified atom stereocenters. The second-order valence-corrected chi connectivity index (χ2v) is 11.8. The van der Waals surface area contributed by atoms with Gasteiger partial charge in [0.2, 0.25) is 0 Å². The minimum atomic E-state index is -4.98. The van der Waals surface area contributed by atoms with E-state index in [0.29, 0.717) is 67.2 Å². The molecule has 0 N–H and O–H groups in total. The number of halogens is 7. The first kappa shape index (κ1) is 30.4. The van der Waals surface area contributed by atoms with Crippen molar-refractivity contribution in [3.05, 3.63) is 99.1 Å². The van der Waals surface area contributed by atoms with Crippen molar-refractivity contribution in [3.63, 3.8) is 0 Å². The topological polar surface area (TPSA) is 9.23 Å². The number of hydrogen-bond donors (Lipinski definition) is 0. The van der Waals surface area contributed by atoms with Gasteiger partial charge in [-0.25, -0.2) is 17.6 Å². The average molecular weight is 593 g/mol. The average Bonchev–Trinajstić information content (AvgIpc) is 2.93. The Kier molecular flexibility index (Phi) is 9.19. The zero-order valence-electron chi connectivity index (χ0n) is 23.6. The Labute approximate surface area is 242 Å². The third-order valence-electron chi connectivity index (χ3n) is 9.02. The quantitative estimate of drug-likeness (QED) is 0.237. The van der Waals surface area contributed by atoms with Crippen LogP contribution in [0.3, 0.4) is 0 Å². The molecule has 1 atom stereocenters. The van der Waals surface area contributed by atoms with E-state index in [4.69, 9.17) is 0 Å². The van der Waals surface area contributed by atoms with Gasteiger partial charge < -0.3 is 4.74 Å². The Morgan fingerprint density at radius 3 is 2.19 bits per heavy atom. The minimum absolute atomic E-state index is 0.111. The predicted molar refractivity (Wildman–Crippen MR) is 148 cm³/mol. The molecule has 0 bridgehead atoms. The Hall–Kier alpha value is -3.03. The van der Waals surface area contributed by atoms with Crippen LogP contribution >= 0.6 is 0 Å². The first-order chi connectivity index (χ1) is 20.0. The van der Waals surface area contributed by atoms with E-state index in [-0.39, 0.29) is 29.1 Å². The molecule has 0 aromatic heterocycles. The maximum absolute atomic E-state index is 15.7. The number of ether oxygens (including phenoxy) is 1. The van der Waals surface area contributed by atoms with Gasteiger partial charge in [-0.15, -0.1) is 13.2 Å². The molecule has 8 heteroatoms. The van der Waals surface area contributed by atoms with Crippen LogP contribution in [0.15, 0.2) is 42.5 Å². The van der Waals surface area contributed by atoms with Crippen LogP contribution in [0, 0.1) is 29.2 Å². The van der Waals surface area contributed by atoms with Gasteiger partial charge >= 0.3 is 6.36 Å². The van der Waals surface area contributed by atoms with Crippen LogP contribution in [0.5, 0.6) is 5.75 Å². The molecular weight excluding hydrogens is 557 g/mol. The fourth-order valence-corrected chi connectivity index (χ4v) is 6.85. The maximum Gasteiger partial charge on any atom is 0.573 e. The van der Waals surface area contributed by atoms with Crippen molar-refractivity contribution in [1.82, 2.24) is 0 Å². The second kappa shape index (κ2) is 12.7. The summed E-state index contributed by atoms with van der Waals surface area (Å²) >= 11 is 0. The van der Waals surface area contributed by atoms with Gasteiger partial charge in [-0.2, -0.15) is 0 Å². The number of benzene rings is 3. The van der Waals surface area contributed by atoms with E-state index in [0.717, 1.165) is 43.4 Å². The molecule has 5 rings (SSSR count). The van der Waals surface area contributed by atoms with E-state index in [1.807, 2.05) is 12.1 Å². The number of aryl methyl sites for hydroxylation is 2. The third-order valence-corrected chi connectivity index (χ3v) is 9.02. The summed E-state index contributed by atoms with van der Waals surface area (Å²) in [5, 5.41) is 0. The van der Waals surface area contributed by atoms with Gasteiger partial charge in [0, 0.05) is 5.56 Å². The standard InChI is InChI=1S/C34H35F7O/c1-2-3-20-4-7-23(28(35)17-20)8-5-21-6-14-27-26(16-21)19-30(37)32(33(27)38)24-11-9-22(10-12-24)25-13-15-31(29(36)18-25)42-34(39,40)41/h4,7,13,15,17-19,21-22,24H,2-3,5-6,8-12,14,16H2,1H3. The van der Waals surface area contributed by atoms with Crippen LogP contribution in [0.2, 0.25) is 0 Å². The number of alkyl halides is 3. The second-order valence-electron chi connectivity index (χ2n) is 11.8. The molecule has 0 spiro atoms. The fraction of sp³-hybridized carbons (Fsp3) is 0.471. The minimum Gasteiger partial charge on any atom is -0.403 e. The molecule has 0 radical (unpaired) electrons. The SMILES string of the molecule is CCCc1ccc(CCC2CCc3c(cc(F)c(C4CCC(c5ccc(OC(F)(F)F)c(F)c5)CC4)c3F)C2)c(F)c1. The Bertz CT molecular complexity index is 1410. The normalized spacial score (nSPS) is 20.8. The first-order valence-corrected chi connectivity index (χ1v) is 14.8. The molecule has 3 aromatic rings. The molecule has 226 valence electrons. The molecule has 0 saturated heterocycles. The molecule has 1 nitrogen and oxygen atoms in total. The van der Waals surface area contributed by atoms with Crippen molar-refractivity contribution in [3.8, 4) is 5.75 Å². The summed E-state index contributed by atoms with van der Waals surface area (Å²) in [6.07, 6.45) is 2.05. The summed E-state index contributed by atoms with van der Waals surface area (Å²) in [6, 6.07) is 10.3. The van der Waals surface area contributed by atoms with Gasteiger partial charge in [0.15, 0.2) is 11.6 Å². The summed E-state index contributed by atoms with van der Waals surface area (Å²) in [7, 11) is 0. The number of fused-ring (bicyclic) bond motifs is 1. The molecular formula is C34H35F7O. The van der Waals surface area contributed by atoms with Crippen molar-refractivity contribution >= 4 is 0 Å². The van der Waals surface area contributed by atoms with Gasteiger partial charge in [0.25, 0.3) is 0 Å². The molecule has 2 aliphatic rings. The van der Waals surface area contributed by atoms with E-state index in [1.54, 1.807) is 6.07 Å². The summed E-state index contributed by atoms with van der Waals surface area (Å²) in [4.78, 5) is 0. The molecule has 3 aromatic carbocycles. The summed E-state index contributed by atoms with van der Waals surface area (Å²) in [6.45, 7) is 2.06. The van der Waals surface area contributed by atoms with E-state index in [2.05, 4.69) is 11.7 Å². The molecule has 1 saturated carbocycles. The Balaban J connectivity index is 1.21. The Morgan fingerprint density at radius 2 is 1.52 bits per heavy atom. The summed E-state index contributed by atoms with van der Waals surface area (Å²) in [5.41, 5.74) is 3.59. The molecule has 0 heterocycles. The molecule has 0 aliphatic heterocycles. The highest BCUT2D eigenvalue weighted by atomic mass is 19.4. The lowest BCUT2D eigenvalue weighted by molar-refractivity contribution is -0.275.